The van der Waals surface area contributed by atoms with Crippen molar-refractivity contribution in [2.75, 3.05) is 7.11 Å². The number of esters is 1. The molecule has 16 heteroatoms. The summed E-state index contributed by atoms with van der Waals surface area (Å²) in [6.45, 7) is 18.4. The van der Waals surface area contributed by atoms with Crippen molar-refractivity contribution < 1.29 is 43.0 Å². The summed E-state index contributed by atoms with van der Waals surface area (Å²) >= 11 is 6.39. The van der Waals surface area contributed by atoms with Crippen molar-refractivity contribution >= 4 is 47.1 Å². The highest BCUT2D eigenvalue weighted by molar-refractivity contribution is 6.32. The molecule has 15 nitrogen and oxygen atoms in total. The molecule has 2 aliphatic rings. The average molecular weight is 896 g/mol. The van der Waals surface area contributed by atoms with Crippen LogP contribution < -0.4 is 37.1 Å². The number of amides is 5. The maximum absolute atomic E-state index is 14.1. The molecule has 4 rings (SSSR count). The molecule has 346 valence electrons. The van der Waals surface area contributed by atoms with Crippen LogP contribution in [-0.4, -0.2) is 85.0 Å². The molecule has 2 aromatic carbocycles. The predicted octanol–water partition coefficient (Wildman–Crippen LogP) is 4.58. The third kappa shape index (κ3) is 14.3. The van der Waals surface area contributed by atoms with Crippen LogP contribution in [0.1, 0.15) is 105 Å². The Balaban J connectivity index is 1.54. The van der Waals surface area contributed by atoms with E-state index in [9.17, 15) is 28.8 Å². The van der Waals surface area contributed by atoms with Gasteiger partial charge in [-0.3, -0.25) is 24.0 Å². The van der Waals surface area contributed by atoms with Crippen molar-refractivity contribution in [3.05, 3.63) is 76.3 Å². The Morgan fingerprint density at radius 3 is 2.21 bits per heavy atom. The van der Waals surface area contributed by atoms with Crippen LogP contribution in [0.15, 0.2) is 54.6 Å². The van der Waals surface area contributed by atoms with Gasteiger partial charge in [0.05, 0.1) is 29.7 Å². The highest BCUT2D eigenvalue weighted by Crippen LogP contribution is 2.45. The van der Waals surface area contributed by atoms with Crippen molar-refractivity contribution in [2.45, 2.75) is 144 Å². The Labute approximate surface area is 376 Å². The third-order valence-corrected chi connectivity index (χ3v) is 12.1. The Morgan fingerprint density at radius 1 is 0.952 bits per heavy atom. The van der Waals surface area contributed by atoms with Gasteiger partial charge in [0.25, 0.3) is 0 Å². The molecule has 2 aliphatic heterocycles. The summed E-state index contributed by atoms with van der Waals surface area (Å²) in [7, 11) is 1.50. The van der Waals surface area contributed by atoms with E-state index in [1.807, 2.05) is 65.8 Å². The van der Waals surface area contributed by atoms with Gasteiger partial charge >= 0.3 is 5.97 Å². The van der Waals surface area contributed by atoms with Crippen molar-refractivity contribution in [3.63, 3.8) is 0 Å². The monoisotopic (exact) mass is 894 g/mol. The summed E-state index contributed by atoms with van der Waals surface area (Å²) in [5.74, 6) is -2.81. The zero-order valence-corrected chi connectivity index (χ0v) is 39.2. The minimum Gasteiger partial charge on any atom is -0.495 e. The van der Waals surface area contributed by atoms with Crippen LogP contribution in [0.5, 0.6) is 5.75 Å². The first-order valence-corrected chi connectivity index (χ1v) is 22.0. The lowest BCUT2D eigenvalue weighted by molar-refractivity contribution is -0.157. The quantitative estimate of drug-likeness (QED) is 0.121. The Hall–Kier alpha value is -4.99. The minimum absolute atomic E-state index is 0.0678. The summed E-state index contributed by atoms with van der Waals surface area (Å²) in [5.41, 5.74) is 6.73. The molecule has 63 heavy (non-hydrogen) atoms. The normalized spacial score (nSPS) is 24.8. The van der Waals surface area contributed by atoms with Gasteiger partial charge in [-0.15, -0.1) is 0 Å². The number of epoxide rings is 1. The van der Waals surface area contributed by atoms with Gasteiger partial charge in [0, 0.05) is 31.3 Å². The molecule has 0 spiro atoms. The zero-order chi connectivity index (χ0) is 47.0. The van der Waals surface area contributed by atoms with Crippen LogP contribution in [0.3, 0.4) is 0 Å². The molecule has 0 aromatic heterocycles. The molecule has 7 N–H and O–H groups in total. The van der Waals surface area contributed by atoms with Crippen LogP contribution in [0.4, 0.5) is 0 Å². The molecular formula is C47H67ClN6O9. The Morgan fingerprint density at radius 2 is 1.60 bits per heavy atom. The van der Waals surface area contributed by atoms with E-state index in [0.717, 1.165) is 11.1 Å². The van der Waals surface area contributed by atoms with E-state index in [1.54, 1.807) is 52.0 Å². The standard InChI is InChI=1S/C47H67ClN6O9/c1-25(2)38(49)43(58)51-27(4)41(56)50-24-29-15-18-31(19-16-29)40-39(63-40)26(3)35-13-12-14-37(55)53-33(22-30-17-20-36(61-11)32(48)21-30)42(57)52-28(5)47(9,10)45(60)54-34(44(59)62-35)23-46(6,7)8/h12,14-21,25-28,33-35,38-40H,13,22-24,49H2,1-11H3,(H,50,56)(H,51,58)(H,52,57)(H,53,55)(H,54,60)/t26-,27-,28?,33+,34-,35-,38-,39+,40+/m0/s1. The fourth-order valence-electron chi connectivity index (χ4n) is 7.10. The van der Waals surface area contributed by atoms with Gasteiger partial charge in [-0.1, -0.05) is 89.6 Å². The van der Waals surface area contributed by atoms with Crippen LogP contribution in [0, 0.1) is 22.7 Å². The van der Waals surface area contributed by atoms with E-state index >= 15 is 0 Å². The number of ether oxygens (including phenoxy) is 3. The largest absolute Gasteiger partial charge is 0.495 e. The van der Waals surface area contributed by atoms with E-state index in [1.165, 1.54) is 13.2 Å². The molecule has 2 heterocycles. The number of benzene rings is 2. The molecule has 0 bridgehead atoms. The van der Waals surface area contributed by atoms with Gasteiger partial charge in [-0.25, -0.2) is 4.79 Å². The van der Waals surface area contributed by atoms with Crippen LogP contribution in [0.2, 0.25) is 5.02 Å². The molecule has 2 aromatic rings. The van der Waals surface area contributed by atoms with Crippen LogP contribution >= 0.6 is 11.6 Å². The fourth-order valence-corrected chi connectivity index (χ4v) is 7.38. The highest BCUT2D eigenvalue weighted by atomic mass is 35.5. The average Bonchev–Trinajstić information content (AvgIpc) is 4.01. The maximum atomic E-state index is 14.1. The van der Waals surface area contributed by atoms with Gasteiger partial charge in [-0.05, 0) is 80.3 Å². The smallest absolute Gasteiger partial charge is 0.328 e. The summed E-state index contributed by atoms with van der Waals surface area (Å²) in [4.78, 5) is 80.4. The topological polar surface area (TPSA) is 220 Å². The number of hydrogen-bond acceptors (Lipinski definition) is 10. The van der Waals surface area contributed by atoms with Crippen molar-refractivity contribution in [3.8, 4) is 5.75 Å². The number of cyclic esters (lactones) is 1. The zero-order valence-electron chi connectivity index (χ0n) is 38.4. The molecule has 0 saturated carbocycles. The molecule has 0 radical (unpaired) electrons. The molecule has 5 amide bonds. The number of hydrogen-bond donors (Lipinski definition) is 6. The molecule has 1 unspecified atom stereocenters. The van der Waals surface area contributed by atoms with Gasteiger partial charge in [-0.2, -0.15) is 0 Å². The van der Waals surface area contributed by atoms with E-state index in [4.69, 9.17) is 31.5 Å². The summed E-state index contributed by atoms with van der Waals surface area (Å²) in [6.07, 6.45) is 2.01. The SMILES string of the molecule is COc1ccc(C[C@H]2NC(=O)C=CC[C@@H]([C@H](C)[C@H]3O[C@@H]3c3ccc(CNC(=O)[C@H](C)NC(=O)[C@@H](N)C(C)C)cc3)OC(=O)[C@H](CC(C)(C)C)NC(=O)C(C)(C)C(C)NC2=O)cc1Cl. The van der Waals surface area contributed by atoms with Gasteiger partial charge < -0.3 is 46.5 Å². The lowest BCUT2D eigenvalue weighted by Crippen LogP contribution is -2.58. The van der Waals surface area contributed by atoms with Gasteiger partial charge in [0.1, 0.15) is 36.1 Å². The molecular weight excluding hydrogens is 828 g/mol. The van der Waals surface area contributed by atoms with Crippen LogP contribution in [-0.2, 0) is 51.2 Å². The molecule has 1 saturated heterocycles. The fraction of sp³-hybridized carbons (Fsp3) is 0.574. The van der Waals surface area contributed by atoms with Crippen molar-refractivity contribution in [2.24, 2.45) is 28.4 Å². The van der Waals surface area contributed by atoms with Gasteiger partial charge in [0.2, 0.25) is 29.5 Å². The molecule has 1 fully saturated rings. The van der Waals surface area contributed by atoms with E-state index in [2.05, 4.69) is 26.6 Å². The van der Waals surface area contributed by atoms with Crippen LogP contribution in [0.25, 0.3) is 0 Å². The highest BCUT2D eigenvalue weighted by Gasteiger charge is 2.48. The number of methoxy groups -OCH3 is 1. The van der Waals surface area contributed by atoms with E-state index in [0.29, 0.717) is 16.3 Å². The first-order valence-electron chi connectivity index (χ1n) is 21.6. The summed E-state index contributed by atoms with van der Waals surface area (Å²) in [5, 5.41) is 14.5. The minimum atomic E-state index is -1.19. The van der Waals surface area contributed by atoms with Crippen molar-refractivity contribution in [1.29, 1.82) is 0 Å². The lowest BCUT2D eigenvalue weighted by Gasteiger charge is -2.35. The van der Waals surface area contributed by atoms with Crippen molar-refractivity contribution in [1.82, 2.24) is 26.6 Å². The number of rotatable bonds is 13. The second-order valence-electron chi connectivity index (χ2n) is 18.9. The van der Waals surface area contributed by atoms with E-state index in [-0.39, 0.29) is 67.1 Å². The van der Waals surface area contributed by atoms with E-state index < -0.39 is 65.4 Å². The molecule has 9 atom stereocenters. The second kappa shape index (κ2) is 21.6. The Kier molecular flexibility index (Phi) is 17.4. The summed E-state index contributed by atoms with van der Waals surface area (Å²) < 4.78 is 17.7. The number of nitrogens with two attached hydrogens (primary N) is 1. The lowest BCUT2D eigenvalue weighted by atomic mass is 9.82. The first kappa shape index (κ1) is 50.7. The third-order valence-electron chi connectivity index (χ3n) is 11.8. The Bertz CT molecular complexity index is 2000. The molecule has 0 aliphatic carbocycles. The number of nitrogens with one attached hydrogen (secondary N) is 5. The number of halogens is 1. The number of carbonyl (C=O) groups excluding carboxylic acids is 6. The van der Waals surface area contributed by atoms with Gasteiger partial charge in [0.15, 0.2) is 0 Å². The number of carbonyl (C=O) groups is 6. The maximum Gasteiger partial charge on any atom is 0.328 e. The first-order chi connectivity index (χ1) is 29.4. The second-order valence-corrected chi connectivity index (χ2v) is 19.3. The summed E-state index contributed by atoms with van der Waals surface area (Å²) in [6, 6.07) is 8.44. The predicted molar refractivity (Wildman–Crippen MR) is 240 cm³/mol.